The van der Waals surface area contributed by atoms with E-state index in [1.54, 1.807) is 20.1 Å². The highest BCUT2D eigenvalue weighted by Gasteiger charge is 2.23. The molecule has 0 saturated heterocycles. The van der Waals surface area contributed by atoms with E-state index in [1.165, 1.54) is 0 Å². The lowest BCUT2D eigenvalue weighted by Crippen LogP contribution is -2.44. The smallest absolute Gasteiger partial charge is 0.288 e. The lowest BCUT2D eigenvalue weighted by Gasteiger charge is -2.14. The first-order chi connectivity index (χ1) is 13.1. The Labute approximate surface area is 157 Å². The van der Waals surface area contributed by atoms with Crippen LogP contribution in [0.3, 0.4) is 0 Å². The van der Waals surface area contributed by atoms with Gasteiger partial charge in [-0.15, -0.1) is 0 Å². The SMILES string of the molecule is COCc1c(C(=O)NC(C)C(=O)NCc2ccccc2)oc2ccccc12. The van der Waals surface area contributed by atoms with Gasteiger partial charge in [0.15, 0.2) is 5.76 Å². The minimum absolute atomic E-state index is 0.167. The number of rotatable bonds is 7. The second-order valence-electron chi connectivity index (χ2n) is 6.24. The number of benzene rings is 2. The van der Waals surface area contributed by atoms with Gasteiger partial charge in [-0.25, -0.2) is 0 Å². The zero-order valence-corrected chi connectivity index (χ0v) is 15.3. The van der Waals surface area contributed by atoms with Gasteiger partial charge in [-0.3, -0.25) is 9.59 Å². The van der Waals surface area contributed by atoms with Gasteiger partial charge in [-0.05, 0) is 18.6 Å². The van der Waals surface area contributed by atoms with E-state index in [9.17, 15) is 9.59 Å². The Morgan fingerprint density at radius 3 is 2.52 bits per heavy atom. The number of fused-ring (bicyclic) bond motifs is 1. The van der Waals surface area contributed by atoms with Gasteiger partial charge < -0.3 is 19.8 Å². The van der Waals surface area contributed by atoms with Gasteiger partial charge >= 0.3 is 0 Å². The molecule has 0 spiro atoms. The zero-order valence-electron chi connectivity index (χ0n) is 15.3. The molecule has 0 bridgehead atoms. The lowest BCUT2D eigenvalue weighted by molar-refractivity contribution is -0.122. The molecule has 2 amide bonds. The summed E-state index contributed by atoms with van der Waals surface area (Å²) in [4.78, 5) is 24.9. The van der Waals surface area contributed by atoms with Gasteiger partial charge in [0, 0.05) is 24.6 Å². The van der Waals surface area contributed by atoms with Crippen molar-refractivity contribution in [1.29, 1.82) is 0 Å². The predicted octanol–water partition coefficient (Wildman–Crippen LogP) is 3.01. The molecule has 0 fully saturated rings. The van der Waals surface area contributed by atoms with Crippen molar-refractivity contribution < 1.29 is 18.7 Å². The van der Waals surface area contributed by atoms with Gasteiger partial charge in [-0.1, -0.05) is 48.5 Å². The first kappa shape index (κ1) is 18.7. The minimum Gasteiger partial charge on any atom is -0.451 e. The Kier molecular flexibility index (Phi) is 5.88. The number of carbonyl (C=O) groups excluding carboxylic acids is 2. The molecular formula is C21H22N2O4. The highest BCUT2D eigenvalue weighted by atomic mass is 16.5. The van der Waals surface area contributed by atoms with Gasteiger partial charge in [0.2, 0.25) is 5.91 Å². The van der Waals surface area contributed by atoms with Gasteiger partial charge in [0.05, 0.1) is 6.61 Å². The normalized spacial score (nSPS) is 11.9. The second kappa shape index (κ2) is 8.51. The molecule has 0 saturated carbocycles. The highest BCUT2D eigenvalue weighted by Crippen LogP contribution is 2.26. The van der Waals surface area contributed by atoms with Gasteiger partial charge in [0.25, 0.3) is 5.91 Å². The Morgan fingerprint density at radius 2 is 1.78 bits per heavy atom. The number of hydrogen-bond acceptors (Lipinski definition) is 4. The fourth-order valence-electron chi connectivity index (χ4n) is 2.84. The van der Waals surface area contributed by atoms with Crippen LogP contribution in [0.15, 0.2) is 59.0 Å². The Balaban J connectivity index is 1.68. The molecule has 1 atom stereocenters. The summed E-state index contributed by atoms with van der Waals surface area (Å²) in [6.45, 7) is 2.28. The monoisotopic (exact) mass is 366 g/mol. The molecule has 3 aromatic rings. The molecule has 2 aromatic carbocycles. The van der Waals surface area contributed by atoms with Crippen LogP contribution in [0.25, 0.3) is 11.0 Å². The van der Waals surface area contributed by atoms with Crippen LogP contribution in [0, 0.1) is 0 Å². The zero-order chi connectivity index (χ0) is 19.2. The van der Waals surface area contributed by atoms with Crippen LogP contribution in [0.1, 0.15) is 28.6 Å². The molecule has 1 heterocycles. The standard InChI is InChI=1S/C21H22N2O4/c1-14(20(24)22-12-15-8-4-3-5-9-15)23-21(25)19-17(13-26-2)16-10-6-7-11-18(16)27-19/h3-11,14H,12-13H2,1-2H3,(H,22,24)(H,23,25). The summed E-state index contributed by atoms with van der Waals surface area (Å²) in [5, 5.41) is 6.33. The molecule has 140 valence electrons. The van der Waals surface area contributed by atoms with Crippen molar-refractivity contribution in [2.45, 2.75) is 26.1 Å². The predicted molar refractivity (Wildman–Crippen MR) is 102 cm³/mol. The van der Waals surface area contributed by atoms with Gasteiger partial charge in [0.1, 0.15) is 11.6 Å². The van der Waals surface area contributed by atoms with E-state index in [0.29, 0.717) is 17.7 Å². The molecule has 1 unspecified atom stereocenters. The average molecular weight is 366 g/mol. The van der Waals surface area contributed by atoms with Crippen molar-refractivity contribution in [2.75, 3.05) is 7.11 Å². The van der Waals surface area contributed by atoms with Crippen LogP contribution >= 0.6 is 0 Å². The van der Waals surface area contributed by atoms with E-state index in [0.717, 1.165) is 10.9 Å². The summed E-state index contributed by atoms with van der Waals surface area (Å²) in [5.74, 6) is -0.544. The number of methoxy groups -OCH3 is 1. The summed E-state index contributed by atoms with van der Waals surface area (Å²) in [5.41, 5.74) is 2.27. The molecule has 6 heteroatoms. The summed E-state index contributed by atoms with van der Waals surface area (Å²) >= 11 is 0. The second-order valence-corrected chi connectivity index (χ2v) is 6.24. The van der Waals surface area contributed by atoms with Crippen molar-refractivity contribution >= 4 is 22.8 Å². The molecule has 2 N–H and O–H groups in total. The van der Waals surface area contributed by atoms with Crippen LogP contribution in [-0.4, -0.2) is 25.0 Å². The van der Waals surface area contributed by atoms with Crippen molar-refractivity contribution in [1.82, 2.24) is 10.6 Å². The molecule has 0 aliphatic rings. The lowest BCUT2D eigenvalue weighted by atomic mass is 10.1. The molecule has 27 heavy (non-hydrogen) atoms. The van der Waals surface area contributed by atoms with Crippen LogP contribution < -0.4 is 10.6 Å². The molecule has 0 radical (unpaired) electrons. The first-order valence-electron chi connectivity index (χ1n) is 8.72. The Bertz CT molecular complexity index is 934. The molecular weight excluding hydrogens is 344 g/mol. The third-order valence-electron chi connectivity index (χ3n) is 4.24. The van der Waals surface area contributed by atoms with E-state index < -0.39 is 11.9 Å². The number of hydrogen-bond donors (Lipinski definition) is 2. The Hall–Kier alpha value is -3.12. The first-order valence-corrected chi connectivity index (χ1v) is 8.72. The van der Waals surface area contributed by atoms with E-state index in [-0.39, 0.29) is 18.3 Å². The van der Waals surface area contributed by atoms with Crippen LogP contribution in [-0.2, 0) is 22.7 Å². The van der Waals surface area contributed by atoms with Crippen molar-refractivity contribution in [3.63, 3.8) is 0 Å². The van der Waals surface area contributed by atoms with E-state index in [4.69, 9.17) is 9.15 Å². The molecule has 1 aromatic heterocycles. The van der Waals surface area contributed by atoms with Gasteiger partial charge in [-0.2, -0.15) is 0 Å². The maximum atomic E-state index is 12.7. The quantitative estimate of drug-likeness (QED) is 0.674. The number of nitrogens with one attached hydrogen (secondary N) is 2. The largest absolute Gasteiger partial charge is 0.451 e. The third-order valence-corrected chi connectivity index (χ3v) is 4.24. The van der Waals surface area contributed by atoms with E-state index >= 15 is 0 Å². The highest BCUT2D eigenvalue weighted by molar-refractivity contribution is 6.00. The molecule has 6 nitrogen and oxygen atoms in total. The third kappa shape index (κ3) is 4.35. The number of amides is 2. The summed E-state index contributed by atoms with van der Waals surface area (Å²) < 4.78 is 10.9. The summed E-state index contributed by atoms with van der Waals surface area (Å²) in [6.07, 6.45) is 0. The fourth-order valence-corrected chi connectivity index (χ4v) is 2.84. The topological polar surface area (TPSA) is 80.6 Å². The number of carbonyl (C=O) groups is 2. The summed E-state index contributed by atoms with van der Waals surface area (Å²) in [6, 6.07) is 16.3. The molecule has 0 aliphatic carbocycles. The van der Waals surface area contributed by atoms with Crippen molar-refractivity contribution in [3.05, 3.63) is 71.5 Å². The van der Waals surface area contributed by atoms with Crippen LogP contribution in [0.2, 0.25) is 0 Å². The fraction of sp³-hybridized carbons (Fsp3) is 0.238. The Morgan fingerprint density at radius 1 is 1.07 bits per heavy atom. The number of ether oxygens (including phenoxy) is 1. The molecule has 3 rings (SSSR count). The van der Waals surface area contributed by atoms with Crippen LogP contribution in [0.5, 0.6) is 0 Å². The van der Waals surface area contributed by atoms with E-state index in [1.807, 2.05) is 48.5 Å². The van der Waals surface area contributed by atoms with E-state index in [2.05, 4.69) is 10.6 Å². The maximum Gasteiger partial charge on any atom is 0.288 e. The van der Waals surface area contributed by atoms with Crippen LogP contribution in [0.4, 0.5) is 0 Å². The summed E-state index contributed by atoms with van der Waals surface area (Å²) in [7, 11) is 1.56. The average Bonchev–Trinajstić information content (AvgIpc) is 3.06. The molecule has 0 aliphatic heterocycles. The number of furan rings is 1. The number of para-hydroxylation sites is 1. The maximum absolute atomic E-state index is 12.7. The minimum atomic E-state index is -0.704. The van der Waals surface area contributed by atoms with Crippen molar-refractivity contribution in [2.24, 2.45) is 0 Å². The van der Waals surface area contributed by atoms with Crippen molar-refractivity contribution in [3.8, 4) is 0 Å².